The fourth-order valence-electron chi connectivity index (χ4n) is 6.36. The van der Waals surface area contributed by atoms with E-state index in [2.05, 4.69) is 20.7 Å². The molecular formula is C34H45ClN8O6. The summed E-state index contributed by atoms with van der Waals surface area (Å²) in [5, 5.41) is 31.8. The largest absolute Gasteiger partial charge is 0.465 e. The first kappa shape index (κ1) is 35.8. The number of nitro benzene ring substituents is 1. The summed E-state index contributed by atoms with van der Waals surface area (Å²) in [7, 11) is 1.95. The summed E-state index contributed by atoms with van der Waals surface area (Å²) in [4.78, 5) is 45.1. The van der Waals surface area contributed by atoms with E-state index in [1.165, 1.54) is 37.1 Å². The molecular weight excluding hydrogens is 652 g/mol. The van der Waals surface area contributed by atoms with Crippen LogP contribution >= 0.6 is 11.6 Å². The van der Waals surface area contributed by atoms with Crippen LogP contribution in [0.2, 0.25) is 5.02 Å². The summed E-state index contributed by atoms with van der Waals surface area (Å²) >= 11 is 6.54. The number of nitrogens with zero attached hydrogens (tertiary/aromatic N) is 6. The van der Waals surface area contributed by atoms with Gasteiger partial charge in [-0.1, -0.05) is 37.3 Å². The van der Waals surface area contributed by atoms with Crippen LogP contribution in [-0.2, 0) is 13.5 Å². The van der Waals surface area contributed by atoms with Crippen LogP contribution in [0.25, 0.3) is 11.3 Å². The number of rotatable bonds is 17. The zero-order valence-electron chi connectivity index (χ0n) is 27.9. The van der Waals surface area contributed by atoms with Gasteiger partial charge in [-0.15, -0.1) is 0 Å². The molecule has 14 nitrogen and oxygen atoms in total. The second kappa shape index (κ2) is 17.3. The van der Waals surface area contributed by atoms with E-state index < -0.39 is 17.1 Å². The minimum atomic E-state index is -0.868. The van der Waals surface area contributed by atoms with Crippen molar-refractivity contribution in [1.29, 1.82) is 0 Å². The maximum Gasteiger partial charge on any atom is 0.412 e. The summed E-state index contributed by atoms with van der Waals surface area (Å²) in [5.74, 6) is 1.47. The number of anilines is 1. The minimum absolute atomic E-state index is 0.00513. The maximum atomic E-state index is 12.1. The van der Waals surface area contributed by atoms with Crippen molar-refractivity contribution in [3.05, 3.63) is 57.5 Å². The highest BCUT2D eigenvalue weighted by Crippen LogP contribution is 2.37. The standard InChI is InChI=1S/C34H45ClN8O6/c1-41-30(20-23-8-9-23)28(21-38-41)31-29(35)22-37-32(40-31)39-24-10-12-25(13-11-24)42(34(45)46)19-7-5-3-2-4-6-18-36-33(44)49-27-16-14-26(15-17-27)43(47)48/h14-17,21-25H,2-13,18-20H2,1H3,(H,36,44)(H,45,46)(H,37,39,40). The second-order valence-corrected chi connectivity index (χ2v) is 13.4. The zero-order valence-corrected chi connectivity index (χ0v) is 28.6. The van der Waals surface area contributed by atoms with Crippen LogP contribution in [0.4, 0.5) is 21.2 Å². The number of unbranched alkanes of at least 4 members (excludes halogenated alkanes) is 5. The Bertz CT molecular complexity index is 1570. The van der Waals surface area contributed by atoms with E-state index in [0.717, 1.165) is 81.9 Å². The molecule has 1 aromatic carbocycles. The van der Waals surface area contributed by atoms with Crippen LogP contribution in [0, 0.1) is 16.0 Å². The van der Waals surface area contributed by atoms with Crippen molar-refractivity contribution in [2.75, 3.05) is 18.4 Å². The van der Waals surface area contributed by atoms with Crippen molar-refractivity contribution in [2.24, 2.45) is 13.0 Å². The Hall–Kier alpha value is -4.46. The Kier molecular flexibility index (Phi) is 12.6. The van der Waals surface area contributed by atoms with Crippen molar-refractivity contribution in [1.82, 2.24) is 30.0 Å². The first-order chi connectivity index (χ1) is 23.7. The van der Waals surface area contributed by atoms with Crippen LogP contribution in [0.3, 0.4) is 0 Å². The van der Waals surface area contributed by atoms with Gasteiger partial charge in [0.2, 0.25) is 5.95 Å². The Labute approximate surface area is 290 Å². The number of carbonyl (C=O) groups is 2. The van der Waals surface area contributed by atoms with Crippen LogP contribution in [0.5, 0.6) is 5.75 Å². The van der Waals surface area contributed by atoms with Gasteiger partial charge in [0.15, 0.2) is 0 Å². The molecule has 0 saturated heterocycles. The highest BCUT2D eigenvalue weighted by molar-refractivity contribution is 6.33. The van der Waals surface area contributed by atoms with E-state index in [1.807, 2.05) is 17.9 Å². The van der Waals surface area contributed by atoms with Gasteiger partial charge < -0.3 is 25.4 Å². The number of aromatic nitrogens is 4. The number of aryl methyl sites for hydroxylation is 1. The number of benzene rings is 1. The smallest absolute Gasteiger partial charge is 0.412 e. The molecule has 2 amide bonds. The highest BCUT2D eigenvalue weighted by Gasteiger charge is 2.30. The highest BCUT2D eigenvalue weighted by atomic mass is 35.5. The van der Waals surface area contributed by atoms with Gasteiger partial charge in [-0.05, 0) is 75.8 Å². The number of nitrogens with one attached hydrogen (secondary N) is 2. The van der Waals surface area contributed by atoms with Gasteiger partial charge in [0.1, 0.15) is 5.75 Å². The van der Waals surface area contributed by atoms with Crippen LogP contribution in [0.15, 0.2) is 36.7 Å². The molecule has 2 heterocycles. The van der Waals surface area contributed by atoms with E-state index in [9.17, 15) is 24.8 Å². The van der Waals surface area contributed by atoms with Crippen molar-refractivity contribution < 1.29 is 24.4 Å². The molecule has 0 aliphatic heterocycles. The molecule has 0 atom stereocenters. The molecule has 3 N–H and O–H groups in total. The molecule has 0 bridgehead atoms. The molecule has 2 aliphatic carbocycles. The third kappa shape index (κ3) is 10.5. The molecule has 264 valence electrons. The van der Waals surface area contributed by atoms with E-state index in [1.54, 1.807) is 11.1 Å². The lowest BCUT2D eigenvalue weighted by atomic mass is 9.90. The number of hydrogen-bond acceptors (Lipinski definition) is 9. The predicted molar refractivity (Wildman–Crippen MR) is 185 cm³/mol. The van der Waals surface area contributed by atoms with Gasteiger partial charge >= 0.3 is 12.2 Å². The fourth-order valence-corrected chi connectivity index (χ4v) is 6.55. The van der Waals surface area contributed by atoms with Gasteiger partial charge in [-0.3, -0.25) is 14.8 Å². The van der Waals surface area contributed by atoms with E-state index in [-0.39, 0.29) is 23.5 Å². The Morgan fingerprint density at radius 3 is 2.41 bits per heavy atom. The number of halogens is 1. The van der Waals surface area contributed by atoms with Crippen molar-refractivity contribution in [2.45, 2.75) is 95.6 Å². The average Bonchev–Trinajstić information content (AvgIpc) is 3.84. The number of hydrogen-bond donors (Lipinski definition) is 3. The molecule has 3 aromatic rings. The number of ether oxygens (including phenoxy) is 1. The number of carbonyl (C=O) groups excluding carboxylic acids is 1. The molecule has 0 unspecified atom stereocenters. The molecule has 0 spiro atoms. The number of non-ortho nitro benzene ring substituents is 1. The zero-order chi connectivity index (χ0) is 34.8. The van der Waals surface area contributed by atoms with E-state index >= 15 is 0 Å². The Morgan fingerprint density at radius 2 is 1.73 bits per heavy atom. The molecule has 2 aromatic heterocycles. The van der Waals surface area contributed by atoms with Gasteiger partial charge in [-0.2, -0.15) is 5.10 Å². The van der Waals surface area contributed by atoms with Crippen molar-refractivity contribution in [3.8, 4) is 17.0 Å². The maximum absolute atomic E-state index is 12.1. The Morgan fingerprint density at radius 1 is 1.04 bits per heavy atom. The summed E-state index contributed by atoms with van der Waals surface area (Å²) in [6.07, 6.45) is 14.1. The van der Waals surface area contributed by atoms with Gasteiger partial charge in [0.05, 0.1) is 28.0 Å². The van der Waals surface area contributed by atoms with E-state index in [4.69, 9.17) is 21.3 Å². The number of amides is 2. The normalized spacial score (nSPS) is 17.3. The van der Waals surface area contributed by atoms with Crippen LogP contribution in [-0.4, -0.2) is 72.0 Å². The third-order valence-electron chi connectivity index (χ3n) is 9.31. The van der Waals surface area contributed by atoms with Crippen LogP contribution < -0.4 is 15.4 Å². The van der Waals surface area contributed by atoms with Gasteiger partial charge in [0, 0.05) is 55.6 Å². The molecule has 0 radical (unpaired) electrons. The molecule has 5 rings (SSSR count). The van der Waals surface area contributed by atoms with Gasteiger partial charge in [-0.25, -0.2) is 19.6 Å². The number of carboxylic acid groups (broad SMARTS) is 1. The SMILES string of the molecule is Cn1ncc(-c2nc(NC3CCC(N(CCCCCCCCNC(=O)Oc4ccc([N+](=O)[O-])cc4)C(=O)O)CC3)ncc2Cl)c1CC1CC1. The molecule has 2 aliphatic rings. The molecule has 2 fully saturated rings. The lowest BCUT2D eigenvalue weighted by Crippen LogP contribution is -2.44. The Balaban J connectivity index is 0.964. The molecule has 49 heavy (non-hydrogen) atoms. The van der Waals surface area contributed by atoms with Gasteiger partial charge in [0.25, 0.3) is 5.69 Å². The predicted octanol–water partition coefficient (Wildman–Crippen LogP) is 7.22. The van der Waals surface area contributed by atoms with Crippen LogP contribution in [0.1, 0.15) is 82.7 Å². The monoisotopic (exact) mass is 696 g/mol. The summed E-state index contributed by atoms with van der Waals surface area (Å²) in [6, 6.07) is 5.47. The number of nitro groups is 1. The molecule has 2 saturated carbocycles. The third-order valence-corrected chi connectivity index (χ3v) is 9.59. The quantitative estimate of drug-likeness (QED) is 0.0741. The first-order valence-electron chi connectivity index (χ1n) is 17.2. The second-order valence-electron chi connectivity index (χ2n) is 13.0. The fraction of sp³-hybridized carbons (Fsp3) is 0.559. The topological polar surface area (TPSA) is 178 Å². The lowest BCUT2D eigenvalue weighted by Gasteiger charge is -2.35. The summed E-state index contributed by atoms with van der Waals surface area (Å²) < 4.78 is 7.04. The summed E-state index contributed by atoms with van der Waals surface area (Å²) in [5.41, 5.74) is 2.70. The minimum Gasteiger partial charge on any atom is -0.465 e. The van der Waals surface area contributed by atoms with Crippen molar-refractivity contribution in [3.63, 3.8) is 0 Å². The lowest BCUT2D eigenvalue weighted by molar-refractivity contribution is -0.384. The van der Waals surface area contributed by atoms with Crippen molar-refractivity contribution >= 4 is 35.4 Å². The first-order valence-corrected chi connectivity index (χ1v) is 17.6. The molecule has 15 heteroatoms. The summed E-state index contributed by atoms with van der Waals surface area (Å²) in [6.45, 7) is 0.985. The average molecular weight is 697 g/mol. The van der Waals surface area contributed by atoms with E-state index in [0.29, 0.717) is 35.7 Å².